The molecule has 1 aromatic heterocycles. The fourth-order valence-electron chi connectivity index (χ4n) is 2.82. The summed E-state index contributed by atoms with van der Waals surface area (Å²) >= 11 is 0. The Balaban J connectivity index is 1.66. The number of aromatic amines is 1. The van der Waals surface area contributed by atoms with Crippen LogP contribution in [0, 0.1) is 0 Å². The van der Waals surface area contributed by atoms with E-state index >= 15 is 0 Å². The Kier molecular flexibility index (Phi) is 5.05. The van der Waals surface area contributed by atoms with Crippen LogP contribution in [0.2, 0.25) is 0 Å². The molecule has 0 radical (unpaired) electrons. The number of nitrogens with one attached hydrogen (secondary N) is 2. The molecule has 122 valence electrons. The smallest absolute Gasteiger partial charge is 0.252 e. The van der Waals surface area contributed by atoms with E-state index in [1.54, 1.807) is 7.11 Å². The van der Waals surface area contributed by atoms with Crippen LogP contribution in [0.5, 0.6) is 0 Å². The average molecular weight is 314 g/mol. The molecule has 2 N–H and O–H groups in total. The van der Waals surface area contributed by atoms with Gasteiger partial charge in [0.15, 0.2) is 0 Å². The summed E-state index contributed by atoms with van der Waals surface area (Å²) < 4.78 is 5.02. The van der Waals surface area contributed by atoms with E-state index in [2.05, 4.69) is 32.3 Å². The SMILES string of the molecule is COCc1cc(=O)[nH]c(Nc2ccc(CN3CCCC3)cc2)n1. The second-order valence-electron chi connectivity index (χ2n) is 5.82. The van der Waals surface area contributed by atoms with Crippen LogP contribution in [-0.4, -0.2) is 35.1 Å². The van der Waals surface area contributed by atoms with Gasteiger partial charge in [-0.1, -0.05) is 12.1 Å². The molecule has 0 unspecified atom stereocenters. The molecule has 6 heteroatoms. The van der Waals surface area contributed by atoms with Gasteiger partial charge in [-0.15, -0.1) is 0 Å². The van der Waals surface area contributed by atoms with Crippen LogP contribution in [0.25, 0.3) is 0 Å². The van der Waals surface area contributed by atoms with Gasteiger partial charge in [0.05, 0.1) is 12.3 Å². The van der Waals surface area contributed by atoms with Gasteiger partial charge in [0, 0.05) is 25.4 Å². The number of methoxy groups -OCH3 is 1. The summed E-state index contributed by atoms with van der Waals surface area (Å²) in [6.07, 6.45) is 2.60. The first-order valence-electron chi connectivity index (χ1n) is 7.90. The highest BCUT2D eigenvalue weighted by atomic mass is 16.5. The minimum Gasteiger partial charge on any atom is -0.378 e. The monoisotopic (exact) mass is 314 g/mol. The highest BCUT2D eigenvalue weighted by Crippen LogP contribution is 2.17. The topological polar surface area (TPSA) is 70.2 Å². The number of likely N-dealkylation sites (tertiary alicyclic amines) is 1. The first-order chi connectivity index (χ1) is 11.2. The number of anilines is 2. The summed E-state index contributed by atoms with van der Waals surface area (Å²) in [6.45, 7) is 3.70. The van der Waals surface area contributed by atoms with Gasteiger partial charge in [-0.25, -0.2) is 4.98 Å². The minimum absolute atomic E-state index is 0.194. The maximum absolute atomic E-state index is 11.6. The van der Waals surface area contributed by atoms with Crippen LogP contribution in [0.4, 0.5) is 11.6 Å². The second-order valence-corrected chi connectivity index (χ2v) is 5.82. The molecule has 1 saturated heterocycles. The third-order valence-corrected chi connectivity index (χ3v) is 3.91. The first-order valence-corrected chi connectivity index (χ1v) is 7.90. The van der Waals surface area contributed by atoms with Crippen molar-refractivity contribution in [2.45, 2.75) is 26.0 Å². The number of rotatable bonds is 6. The maximum atomic E-state index is 11.6. The normalized spacial score (nSPS) is 15.0. The Labute approximate surface area is 135 Å². The van der Waals surface area contributed by atoms with E-state index in [9.17, 15) is 4.79 Å². The van der Waals surface area contributed by atoms with Crippen molar-refractivity contribution in [1.82, 2.24) is 14.9 Å². The lowest BCUT2D eigenvalue weighted by Gasteiger charge is -2.15. The Morgan fingerprint density at radius 2 is 2.00 bits per heavy atom. The van der Waals surface area contributed by atoms with Gasteiger partial charge in [0.25, 0.3) is 5.56 Å². The van der Waals surface area contributed by atoms with Crippen molar-refractivity contribution in [3.05, 3.63) is 51.9 Å². The maximum Gasteiger partial charge on any atom is 0.252 e. The zero-order valence-electron chi connectivity index (χ0n) is 13.3. The molecule has 0 spiro atoms. The molecule has 1 aromatic carbocycles. The van der Waals surface area contributed by atoms with Gasteiger partial charge >= 0.3 is 0 Å². The molecule has 23 heavy (non-hydrogen) atoms. The molecule has 1 aliphatic rings. The minimum atomic E-state index is -0.194. The predicted molar refractivity (Wildman–Crippen MR) is 89.8 cm³/mol. The molecule has 2 heterocycles. The van der Waals surface area contributed by atoms with E-state index in [4.69, 9.17) is 4.74 Å². The van der Waals surface area contributed by atoms with E-state index in [1.807, 2.05) is 12.1 Å². The molecule has 2 aromatic rings. The number of nitrogens with zero attached hydrogens (tertiary/aromatic N) is 2. The van der Waals surface area contributed by atoms with Gasteiger partial charge in [-0.05, 0) is 43.6 Å². The summed E-state index contributed by atoms with van der Waals surface area (Å²) in [5.74, 6) is 0.428. The fourth-order valence-corrected chi connectivity index (χ4v) is 2.82. The molecule has 0 atom stereocenters. The van der Waals surface area contributed by atoms with Crippen molar-refractivity contribution in [2.75, 3.05) is 25.5 Å². The van der Waals surface area contributed by atoms with Crippen LogP contribution in [0.3, 0.4) is 0 Å². The number of benzene rings is 1. The molecule has 0 saturated carbocycles. The van der Waals surface area contributed by atoms with E-state index < -0.39 is 0 Å². The molecule has 3 rings (SSSR count). The molecule has 0 bridgehead atoms. The lowest BCUT2D eigenvalue weighted by molar-refractivity contribution is 0.181. The molecular weight excluding hydrogens is 292 g/mol. The van der Waals surface area contributed by atoms with Gasteiger partial charge in [0.1, 0.15) is 0 Å². The Morgan fingerprint density at radius 3 is 2.70 bits per heavy atom. The molecular formula is C17H22N4O2. The number of aromatic nitrogens is 2. The third-order valence-electron chi connectivity index (χ3n) is 3.91. The molecule has 0 aliphatic carbocycles. The largest absolute Gasteiger partial charge is 0.378 e. The fraction of sp³-hybridized carbons (Fsp3) is 0.412. The van der Waals surface area contributed by atoms with Crippen molar-refractivity contribution in [3.63, 3.8) is 0 Å². The highest BCUT2D eigenvalue weighted by Gasteiger charge is 2.11. The van der Waals surface area contributed by atoms with Crippen LogP contribution in [-0.2, 0) is 17.9 Å². The summed E-state index contributed by atoms with van der Waals surface area (Å²) in [5.41, 5.74) is 2.60. The Bertz CT molecular complexity index is 690. The zero-order chi connectivity index (χ0) is 16.1. The summed E-state index contributed by atoms with van der Waals surface area (Å²) in [5, 5.41) is 3.13. The summed E-state index contributed by atoms with van der Waals surface area (Å²) in [7, 11) is 1.58. The zero-order valence-corrected chi connectivity index (χ0v) is 13.3. The number of hydrogen-bond donors (Lipinski definition) is 2. The summed E-state index contributed by atoms with van der Waals surface area (Å²) in [6, 6.07) is 9.67. The van der Waals surface area contributed by atoms with Gasteiger partial charge in [-0.3, -0.25) is 14.7 Å². The van der Waals surface area contributed by atoms with E-state index in [0.29, 0.717) is 18.2 Å². The van der Waals surface area contributed by atoms with Crippen molar-refractivity contribution >= 4 is 11.6 Å². The Morgan fingerprint density at radius 1 is 1.26 bits per heavy atom. The van der Waals surface area contributed by atoms with E-state index in [-0.39, 0.29) is 5.56 Å². The van der Waals surface area contributed by atoms with Crippen molar-refractivity contribution in [1.29, 1.82) is 0 Å². The standard InChI is InChI=1S/C17H22N4O2/c1-23-12-15-10-16(22)20-17(19-15)18-14-6-4-13(5-7-14)11-21-8-2-3-9-21/h4-7,10H,2-3,8-9,11-12H2,1H3,(H2,18,19,20,22). The lowest BCUT2D eigenvalue weighted by atomic mass is 10.2. The van der Waals surface area contributed by atoms with E-state index in [1.165, 1.54) is 37.6 Å². The Hall–Kier alpha value is -2.18. The number of H-pyrrole nitrogens is 1. The average Bonchev–Trinajstić information content (AvgIpc) is 3.02. The van der Waals surface area contributed by atoms with Gasteiger partial charge in [0.2, 0.25) is 5.95 Å². The van der Waals surface area contributed by atoms with Crippen molar-refractivity contribution in [3.8, 4) is 0 Å². The van der Waals surface area contributed by atoms with Crippen molar-refractivity contribution in [2.24, 2.45) is 0 Å². The van der Waals surface area contributed by atoms with Crippen LogP contribution < -0.4 is 10.9 Å². The third kappa shape index (κ3) is 4.40. The van der Waals surface area contributed by atoms with Crippen LogP contribution >= 0.6 is 0 Å². The predicted octanol–water partition coefficient (Wildman–Crippen LogP) is 2.26. The van der Waals surface area contributed by atoms with Crippen LogP contribution in [0.15, 0.2) is 35.1 Å². The lowest BCUT2D eigenvalue weighted by Crippen LogP contribution is -2.18. The highest BCUT2D eigenvalue weighted by molar-refractivity contribution is 5.53. The number of ether oxygens (including phenoxy) is 1. The van der Waals surface area contributed by atoms with Gasteiger partial charge in [-0.2, -0.15) is 0 Å². The molecule has 6 nitrogen and oxygen atoms in total. The van der Waals surface area contributed by atoms with Crippen molar-refractivity contribution < 1.29 is 4.74 Å². The molecule has 1 aliphatic heterocycles. The molecule has 1 fully saturated rings. The van der Waals surface area contributed by atoms with Crippen LogP contribution in [0.1, 0.15) is 24.1 Å². The second kappa shape index (κ2) is 7.39. The van der Waals surface area contributed by atoms with E-state index in [0.717, 1.165) is 12.2 Å². The number of hydrogen-bond acceptors (Lipinski definition) is 5. The summed E-state index contributed by atoms with van der Waals surface area (Å²) in [4.78, 5) is 21.1. The van der Waals surface area contributed by atoms with Gasteiger partial charge < -0.3 is 10.1 Å². The quantitative estimate of drug-likeness (QED) is 0.856. The molecule has 0 amide bonds. The first kappa shape index (κ1) is 15.7.